The number of amides is 2. The van der Waals surface area contributed by atoms with E-state index in [1.165, 1.54) is 12.1 Å². The molecule has 1 aromatic carbocycles. The van der Waals surface area contributed by atoms with Crippen LogP contribution in [0, 0.1) is 5.82 Å². The first kappa shape index (κ1) is 15.2. The van der Waals surface area contributed by atoms with Crippen LogP contribution in [0.4, 0.5) is 14.9 Å². The summed E-state index contributed by atoms with van der Waals surface area (Å²) in [6, 6.07) is 3.29. The Bertz CT molecular complexity index is 542. The van der Waals surface area contributed by atoms with Crippen molar-refractivity contribution in [1.29, 1.82) is 0 Å². The number of carbonyl (C=O) groups is 2. The van der Waals surface area contributed by atoms with Gasteiger partial charge >= 0.3 is 12.0 Å². The van der Waals surface area contributed by atoms with Crippen LogP contribution in [0.3, 0.4) is 0 Å². The van der Waals surface area contributed by atoms with E-state index in [0.29, 0.717) is 0 Å². The van der Waals surface area contributed by atoms with E-state index in [0.717, 1.165) is 32.0 Å². The molecule has 1 saturated heterocycles. The molecule has 1 aromatic rings. The molecule has 6 nitrogen and oxygen atoms in total. The number of likely N-dealkylation sites (tertiary alicyclic amines) is 1. The normalized spacial score (nSPS) is 16.5. The number of carboxylic acids is 1. The van der Waals surface area contributed by atoms with Gasteiger partial charge in [0.2, 0.25) is 0 Å². The first-order valence-corrected chi connectivity index (χ1v) is 6.75. The number of nitrogens with one attached hydrogen (secondary N) is 2. The van der Waals surface area contributed by atoms with Crippen molar-refractivity contribution in [2.45, 2.75) is 18.9 Å². The van der Waals surface area contributed by atoms with E-state index in [2.05, 4.69) is 15.5 Å². The van der Waals surface area contributed by atoms with Crippen molar-refractivity contribution in [3.8, 4) is 0 Å². The zero-order valence-electron chi connectivity index (χ0n) is 11.7. The second-order valence-corrected chi connectivity index (χ2v) is 5.14. The zero-order chi connectivity index (χ0) is 15.4. The number of urea groups is 1. The van der Waals surface area contributed by atoms with Crippen LogP contribution in [0.2, 0.25) is 0 Å². The largest absolute Gasteiger partial charge is 0.478 e. The third-order valence-corrected chi connectivity index (χ3v) is 3.53. The maximum atomic E-state index is 13.5. The molecule has 21 heavy (non-hydrogen) atoms. The molecule has 0 unspecified atom stereocenters. The highest BCUT2D eigenvalue weighted by Gasteiger charge is 2.20. The predicted octanol–water partition coefficient (Wildman–Crippen LogP) is 1.74. The fraction of sp³-hybridized carbons (Fsp3) is 0.429. The molecule has 0 spiro atoms. The summed E-state index contributed by atoms with van der Waals surface area (Å²) in [4.78, 5) is 25.1. The fourth-order valence-electron chi connectivity index (χ4n) is 2.34. The number of halogens is 1. The Kier molecular flexibility index (Phi) is 4.74. The number of rotatable bonds is 3. The minimum Gasteiger partial charge on any atom is -0.478 e. The number of nitrogens with zero attached hydrogens (tertiary/aromatic N) is 1. The highest BCUT2D eigenvalue weighted by atomic mass is 19.1. The Hall–Kier alpha value is -2.15. The highest BCUT2D eigenvalue weighted by Crippen LogP contribution is 2.19. The van der Waals surface area contributed by atoms with Crippen LogP contribution >= 0.6 is 0 Å². The van der Waals surface area contributed by atoms with Gasteiger partial charge in [-0.1, -0.05) is 6.07 Å². The van der Waals surface area contributed by atoms with Crippen molar-refractivity contribution in [3.05, 3.63) is 29.6 Å². The first-order chi connectivity index (χ1) is 9.97. The van der Waals surface area contributed by atoms with Crippen LogP contribution in [-0.2, 0) is 0 Å². The fourth-order valence-corrected chi connectivity index (χ4v) is 2.34. The molecule has 3 N–H and O–H groups in total. The van der Waals surface area contributed by atoms with Gasteiger partial charge in [0.15, 0.2) is 0 Å². The predicted molar refractivity (Wildman–Crippen MR) is 76.0 cm³/mol. The average Bonchev–Trinajstić information content (AvgIpc) is 2.41. The molecular weight excluding hydrogens is 277 g/mol. The topological polar surface area (TPSA) is 81.7 Å². The van der Waals surface area contributed by atoms with E-state index in [9.17, 15) is 14.0 Å². The number of anilines is 1. The van der Waals surface area contributed by atoms with Crippen LogP contribution in [0.15, 0.2) is 18.2 Å². The van der Waals surface area contributed by atoms with E-state index >= 15 is 0 Å². The molecule has 0 aromatic heterocycles. The van der Waals surface area contributed by atoms with Gasteiger partial charge in [0.1, 0.15) is 11.4 Å². The maximum Gasteiger partial charge on any atom is 0.340 e. The van der Waals surface area contributed by atoms with E-state index in [-0.39, 0.29) is 11.7 Å². The Balaban J connectivity index is 2.00. The molecule has 0 radical (unpaired) electrons. The molecule has 7 heteroatoms. The SMILES string of the molecule is CN1CCC(NC(=O)Nc2cccc(F)c2C(=O)O)CC1. The third-order valence-electron chi connectivity index (χ3n) is 3.53. The van der Waals surface area contributed by atoms with Crippen molar-refractivity contribution in [2.24, 2.45) is 0 Å². The van der Waals surface area contributed by atoms with Gasteiger partial charge in [-0.2, -0.15) is 0 Å². The molecule has 0 aliphatic carbocycles. The molecule has 1 fully saturated rings. The van der Waals surface area contributed by atoms with Gasteiger partial charge in [0, 0.05) is 6.04 Å². The van der Waals surface area contributed by atoms with Crippen molar-refractivity contribution >= 4 is 17.7 Å². The van der Waals surface area contributed by atoms with Gasteiger partial charge in [0.25, 0.3) is 0 Å². The van der Waals surface area contributed by atoms with Crippen LogP contribution < -0.4 is 10.6 Å². The lowest BCUT2D eigenvalue weighted by atomic mass is 10.1. The van der Waals surface area contributed by atoms with E-state index in [1.54, 1.807) is 0 Å². The Morgan fingerprint density at radius 2 is 2.00 bits per heavy atom. The monoisotopic (exact) mass is 295 g/mol. The van der Waals surface area contributed by atoms with E-state index < -0.39 is 23.4 Å². The van der Waals surface area contributed by atoms with Gasteiger partial charge in [-0.05, 0) is 45.1 Å². The molecule has 2 rings (SSSR count). The molecule has 1 heterocycles. The van der Waals surface area contributed by atoms with Crippen molar-refractivity contribution < 1.29 is 19.1 Å². The Morgan fingerprint density at radius 1 is 1.33 bits per heavy atom. The summed E-state index contributed by atoms with van der Waals surface area (Å²) < 4.78 is 13.5. The number of carbonyl (C=O) groups excluding carboxylic acids is 1. The number of hydrogen-bond donors (Lipinski definition) is 3. The minimum absolute atomic E-state index is 0.0445. The average molecular weight is 295 g/mol. The summed E-state index contributed by atoms with van der Waals surface area (Å²) >= 11 is 0. The summed E-state index contributed by atoms with van der Waals surface area (Å²) in [6.45, 7) is 1.79. The molecular formula is C14H18FN3O3. The molecule has 1 aliphatic heterocycles. The second-order valence-electron chi connectivity index (χ2n) is 5.14. The smallest absolute Gasteiger partial charge is 0.340 e. The molecule has 2 amide bonds. The molecule has 0 bridgehead atoms. The lowest BCUT2D eigenvalue weighted by molar-refractivity contribution is 0.0693. The number of hydrogen-bond acceptors (Lipinski definition) is 3. The highest BCUT2D eigenvalue weighted by molar-refractivity contribution is 6.00. The summed E-state index contributed by atoms with van der Waals surface area (Å²) in [5.74, 6) is -2.29. The summed E-state index contributed by atoms with van der Waals surface area (Å²) in [7, 11) is 2.02. The van der Waals surface area contributed by atoms with Crippen molar-refractivity contribution in [1.82, 2.24) is 10.2 Å². The van der Waals surface area contributed by atoms with Crippen LogP contribution in [0.1, 0.15) is 23.2 Å². The summed E-state index contributed by atoms with van der Waals surface area (Å²) in [6.07, 6.45) is 1.66. The molecule has 0 saturated carbocycles. The minimum atomic E-state index is -1.41. The zero-order valence-corrected chi connectivity index (χ0v) is 11.7. The van der Waals surface area contributed by atoms with E-state index in [1.807, 2.05) is 7.05 Å². The Labute approximate surface area is 121 Å². The second kappa shape index (κ2) is 6.53. The summed E-state index contributed by atoms with van der Waals surface area (Å²) in [5.41, 5.74) is -0.580. The molecule has 114 valence electrons. The standard InChI is InChI=1S/C14H18FN3O3/c1-18-7-5-9(6-8-18)16-14(21)17-11-4-2-3-10(15)12(11)13(19)20/h2-4,9H,5-8H2,1H3,(H,19,20)(H2,16,17,21). The van der Waals surface area contributed by atoms with Crippen molar-refractivity contribution in [3.63, 3.8) is 0 Å². The van der Waals surface area contributed by atoms with E-state index in [4.69, 9.17) is 5.11 Å². The van der Waals surface area contributed by atoms with Gasteiger partial charge in [0.05, 0.1) is 5.69 Å². The van der Waals surface area contributed by atoms with Crippen molar-refractivity contribution in [2.75, 3.05) is 25.5 Å². The summed E-state index contributed by atoms with van der Waals surface area (Å²) in [5, 5.41) is 14.2. The number of aromatic carboxylic acids is 1. The molecule has 1 aliphatic rings. The van der Waals surface area contributed by atoms with Gasteiger partial charge < -0.3 is 20.6 Å². The third kappa shape index (κ3) is 3.91. The van der Waals surface area contributed by atoms with Crippen LogP contribution in [0.25, 0.3) is 0 Å². The lowest BCUT2D eigenvalue weighted by Crippen LogP contribution is -2.45. The lowest BCUT2D eigenvalue weighted by Gasteiger charge is -2.29. The maximum absolute atomic E-state index is 13.5. The first-order valence-electron chi connectivity index (χ1n) is 6.75. The van der Waals surface area contributed by atoms with Crippen LogP contribution in [0.5, 0.6) is 0 Å². The van der Waals surface area contributed by atoms with Crippen LogP contribution in [-0.4, -0.2) is 48.2 Å². The quantitative estimate of drug-likeness (QED) is 0.793. The number of piperidine rings is 1. The van der Waals surface area contributed by atoms with Gasteiger partial charge in [-0.15, -0.1) is 0 Å². The Morgan fingerprint density at radius 3 is 2.62 bits per heavy atom. The number of benzene rings is 1. The number of carboxylic acid groups (broad SMARTS) is 1. The molecule has 0 atom stereocenters. The van der Waals surface area contributed by atoms with Gasteiger partial charge in [-0.25, -0.2) is 14.0 Å². The van der Waals surface area contributed by atoms with Gasteiger partial charge in [-0.3, -0.25) is 0 Å².